The first-order chi connectivity index (χ1) is 11.7. The van der Waals surface area contributed by atoms with Gasteiger partial charge in [0.15, 0.2) is 11.7 Å². The Kier molecular flexibility index (Phi) is 4.22. The molecule has 2 aliphatic rings. The van der Waals surface area contributed by atoms with Gasteiger partial charge in [0.25, 0.3) is 5.91 Å². The van der Waals surface area contributed by atoms with Gasteiger partial charge in [-0.25, -0.2) is 4.98 Å². The molecule has 1 aromatic carbocycles. The molecule has 1 aromatic heterocycles. The lowest BCUT2D eigenvalue weighted by Gasteiger charge is -2.20. The SMILES string of the molecule is O=C(COC(=O)CC1CC2CCC1C2)Nc1nc2ccccc2s1. The zero-order chi connectivity index (χ0) is 16.5. The minimum absolute atomic E-state index is 0.241. The number of esters is 1. The molecule has 0 spiro atoms. The van der Waals surface area contributed by atoms with E-state index in [2.05, 4.69) is 10.3 Å². The Bertz CT molecular complexity index is 739. The summed E-state index contributed by atoms with van der Waals surface area (Å²) in [6, 6.07) is 7.70. The summed E-state index contributed by atoms with van der Waals surface area (Å²) in [5, 5.41) is 3.23. The fourth-order valence-corrected chi connectivity index (χ4v) is 5.01. The van der Waals surface area contributed by atoms with Crippen LogP contribution in [-0.2, 0) is 14.3 Å². The Morgan fingerprint density at radius 2 is 2.12 bits per heavy atom. The molecule has 1 heterocycles. The molecule has 0 saturated heterocycles. The number of aromatic nitrogens is 1. The molecule has 126 valence electrons. The molecular formula is C18H20N2O3S. The van der Waals surface area contributed by atoms with Gasteiger partial charge in [0, 0.05) is 6.42 Å². The quantitative estimate of drug-likeness (QED) is 0.842. The molecule has 2 fully saturated rings. The van der Waals surface area contributed by atoms with E-state index in [0.29, 0.717) is 23.4 Å². The van der Waals surface area contributed by atoms with Crippen molar-refractivity contribution in [1.29, 1.82) is 0 Å². The van der Waals surface area contributed by atoms with Crippen LogP contribution in [0.15, 0.2) is 24.3 Å². The molecule has 24 heavy (non-hydrogen) atoms. The predicted molar refractivity (Wildman–Crippen MR) is 92.8 cm³/mol. The van der Waals surface area contributed by atoms with Gasteiger partial charge in [-0.3, -0.25) is 14.9 Å². The Balaban J connectivity index is 1.25. The van der Waals surface area contributed by atoms with E-state index < -0.39 is 0 Å². The van der Waals surface area contributed by atoms with Crippen molar-refractivity contribution in [3.63, 3.8) is 0 Å². The molecule has 6 heteroatoms. The summed E-state index contributed by atoms with van der Waals surface area (Å²) in [6.07, 6.45) is 5.45. The number of rotatable bonds is 5. The standard InChI is InChI=1S/C18H20N2O3S/c21-16(20-18-19-14-3-1-2-4-15(14)24-18)10-23-17(22)9-13-8-11-5-6-12(13)7-11/h1-4,11-13H,5-10H2,(H,19,20,21). The molecule has 3 atom stereocenters. The van der Waals surface area contributed by atoms with E-state index >= 15 is 0 Å². The third-order valence-corrected chi connectivity index (χ3v) is 6.17. The van der Waals surface area contributed by atoms with Crippen LogP contribution < -0.4 is 5.32 Å². The number of nitrogens with one attached hydrogen (secondary N) is 1. The molecule has 3 unspecified atom stereocenters. The highest BCUT2D eigenvalue weighted by molar-refractivity contribution is 7.22. The van der Waals surface area contributed by atoms with E-state index in [0.717, 1.165) is 22.6 Å². The molecular weight excluding hydrogens is 324 g/mol. The number of thiazole rings is 1. The smallest absolute Gasteiger partial charge is 0.306 e. The summed E-state index contributed by atoms with van der Waals surface area (Å²) in [5.41, 5.74) is 0.853. The van der Waals surface area contributed by atoms with Crippen molar-refractivity contribution in [1.82, 2.24) is 4.98 Å². The summed E-state index contributed by atoms with van der Waals surface area (Å²) < 4.78 is 6.16. The number of benzene rings is 1. The second-order valence-corrected chi connectivity index (χ2v) is 7.87. The summed E-state index contributed by atoms with van der Waals surface area (Å²) in [6.45, 7) is -0.241. The molecule has 1 N–H and O–H groups in total. The van der Waals surface area contributed by atoms with Crippen LogP contribution in [0.5, 0.6) is 0 Å². The molecule has 4 rings (SSSR count). The molecule has 0 radical (unpaired) electrons. The van der Waals surface area contributed by atoms with E-state index in [1.54, 1.807) is 0 Å². The lowest BCUT2D eigenvalue weighted by atomic mass is 9.86. The second kappa shape index (κ2) is 6.51. The first kappa shape index (κ1) is 15.6. The lowest BCUT2D eigenvalue weighted by molar-refractivity contribution is -0.148. The number of hydrogen-bond donors (Lipinski definition) is 1. The zero-order valence-corrected chi connectivity index (χ0v) is 14.2. The largest absolute Gasteiger partial charge is 0.456 e. The average Bonchev–Trinajstić information content (AvgIpc) is 3.27. The van der Waals surface area contributed by atoms with Gasteiger partial charge < -0.3 is 4.74 Å². The van der Waals surface area contributed by atoms with Gasteiger partial charge in [-0.05, 0) is 49.1 Å². The fraction of sp³-hybridized carbons (Fsp3) is 0.500. The van der Waals surface area contributed by atoms with Gasteiger partial charge in [0.1, 0.15) is 0 Å². The third-order valence-electron chi connectivity index (χ3n) is 5.22. The highest BCUT2D eigenvalue weighted by Crippen LogP contribution is 2.49. The predicted octanol–water partition coefficient (Wildman–Crippen LogP) is 3.60. The van der Waals surface area contributed by atoms with E-state index in [-0.39, 0.29) is 18.5 Å². The van der Waals surface area contributed by atoms with Crippen molar-refractivity contribution in [2.24, 2.45) is 17.8 Å². The number of nitrogens with zero attached hydrogens (tertiary/aromatic N) is 1. The van der Waals surface area contributed by atoms with E-state index in [9.17, 15) is 9.59 Å². The van der Waals surface area contributed by atoms with Gasteiger partial charge in [-0.15, -0.1) is 0 Å². The maximum Gasteiger partial charge on any atom is 0.306 e. The number of carbonyl (C=O) groups is 2. The fourth-order valence-electron chi connectivity index (χ4n) is 4.13. The summed E-state index contributed by atoms with van der Waals surface area (Å²) >= 11 is 1.41. The molecule has 2 bridgehead atoms. The normalized spacial score (nSPS) is 25.1. The first-order valence-corrected chi connectivity index (χ1v) is 9.30. The van der Waals surface area contributed by atoms with Crippen molar-refractivity contribution in [3.05, 3.63) is 24.3 Å². The van der Waals surface area contributed by atoms with Crippen molar-refractivity contribution < 1.29 is 14.3 Å². The maximum atomic E-state index is 12.0. The maximum absolute atomic E-state index is 12.0. The Morgan fingerprint density at radius 1 is 1.25 bits per heavy atom. The van der Waals surface area contributed by atoms with Gasteiger partial charge in [0.2, 0.25) is 0 Å². The van der Waals surface area contributed by atoms with Gasteiger partial charge in [-0.1, -0.05) is 29.9 Å². The minimum Gasteiger partial charge on any atom is -0.456 e. The number of ether oxygens (including phenoxy) is 1. The van der Waals surface area contributed by atoms with Gasteiger partial charge in [-0.2, -0.15) is 0 Å². The van der Waals surface area contributed by atoms with Crippen molar-refractivity contribution in [3.8, 4) is 0 Å². The molecule has 2 saturated carbocycles. The molecule has 1 amide bonds. The monoisotopic (exact) mass is 344 g/mol. The van der Waals surface area contributed by atoms with Crippen LogP contribution in [0.4, 0.5) is 5.13 Å². The number of carbonyl (C=O) groups excluding carboxylic acids is 2. The highest BCUT2D eigenvalue weighted by atomic mass is 32.1. The van der Waals surface area contributed by atoms with Crippen molar-refractivity contribution in [2.45, 2.75) is 32.1 Å². The number of amides is 1. The Hall–Kier alpha value is -1.95. The van der Waals surface area contributed by atoms with Gasteiger partial charge >= 0.3 is 5.97 Å². The Labute approximate surface area is 144 Å². The van der Waals surface area contributed by atoms with Crippen molar-refractivity contribution in [2.75, 3.05) is 11.9 Å². The summed E-state index contributed by atoms with van der Waals surface area (Å²) in [4.78, 5) is 28.2. The third kappa shape index (κ3) is 3.29. The minimum atomic E-state index is -0.338. The first-order valence-electron chi connectivity index (χ1n) is 8.48. The number of para-hydroxylation sites is 1. The lowest BCUT2D eigenvalue weighted by Crippen LogP contribution is -2.23. The van der Waals surface area contributed by atoms with Crippen LogP contribution in [0.3, 0.4) is 0 Å². The van der Waals surface area contributed by atoms with E-state index in [1.807, 2.05) is 24.3 Å². The van der Waals surface area contributed by atoms with Gasteiger partial charge in [0.05, 0.1) is 10.2 Å². The molecule has 5 nitrogen and oxygen atoms in total. The summed E-state index contributed by atoms with van der Waals surface area (Å²) in [5.74, 6) is 1.38. The van der Waals surface area contributed by atoms with Crippen molar-refractivity contribution >= 4 is 38.6 Å². The van der Waals surface area contributed by atoms with Crippen LogP contribution in [0, 0.1) is 17.8 Å². The molecule has 2 aromatic rings. The number of hydrogen-bond acceptors (Lipinski definition) is 5. The number of anilines is 1. The second-order valence-electron chi connectivity index (χ2n) is 6.83. The zero-order valence-electron chi connectivity index (χ0n) is 13.4. The van der Waals surface area contributed by atoms with Crippen LogP contribution in [0.2, 0.25) is 0 Å². The van der Waals surface area contributed by atoms with Crippen LogP contribution in [0.25, 0.3) is 10.2 Å². The van der Waals surface area contributed by atoms with E-state index in [4.69, 9.17) is 4.74 Å². The topological polar surface area (TPSA) is 68.3 Å². The highest BCUT2D eigenvalue weighted by Gasteiger charge is 2.40. The molecule has 0 aliphatic heterocycles. The van der Waals surface area contributed by atoms with Crippen LogP contribution >= 0.6 is 11.3 Å². The summed E-state index contributed by atoms with van der Waals surface area (Å²) in [7, 11) is 0. The average molecular weight is 344 g/mol. The number of fused-ring (bicyclic) bond motifs is 3. The Morgan fingerprint density at radius 3 is 2.88 bits per heavy atom. The van der Waals surface area contributed by atoms with Crippen LogP contribution in [-0.4, -0.2) is 23.5 Å². The van der Waals surface area contributed by atoms with E-state index in [1.165, 1.54) is 30.6 Å². The molecule has 2 aliphatic carbocycles. The van der Waals surface area contributed by atoms with Crippen LogP contribution in [0.1, 0.15) is 32.1 Å².